The number of nitrogens with zero attached hydrogens (tertiary/aromatic N) is 2. The molecule has 1 aliphatic heterocycles. The second kappa shape index (κ2) is 13.3. The van der Waals surface area contributed by atoms with Crippen molar-refractivity contribution in [2.45, 2.75) is 29.4 Å². The summed E-state index contributed by atoms with van der Waals surface area (Å²) in [6.07, 6.45) is 0. The van der Waals surface area contributed by atoms with Crippen LogP contribution < -0.4 is 15.0 Å². The molecule has 9 aromatic carbocycles. The topological polar surface area (TPSA) is 6.48 Å². The van der Waals surface area contributed by atoms with E-state index in [2.05, 4.69) is 217 Å². The van der Waals surface area contributed by atoms with Gasteiger partial charge in [-0.25, -0.2) is 0 Å². The summed E-state index contributed by atoms with van der Waals surface area (Å²) in [5, 5.41) is 9.08. The summed E-state index contributed by atoms with van der Waals surface area (Å²) >= 11 is 1.88. The van der Waals surface area contributed by atoms with Crippen LogP contribution in [0.3, 0.4) is 0 Å². The molecule has 0 N–H and O–H groups in total. The Balaban J connectivity index is 1.09. The van der Waals surface area contributed by atoms with Crippen LogP contribution in [0.15, 0.2) is 198 Å². The van der Waals surface area contributed by atoms with Crippen LogP contribution >= 0.6 is 11.8 Å². The average molecular weight is 741 g/mol. The van der Waals surface area contributed by atoms with E-state index in [0.717, 1.165) is 28.4 Å². The maximum atomic E-state index is 2.41. The van der Waals surface area contributed by atoms with Crippen molar-refractivity contribution in [2.75, 3.05) is 9.80 Å². The van der Waals surface area contributed by atoms with E-state index in [-0.39, 0.29) is 0 Å². The molecule has 2 nitrogen and oxygen atoms in total. The summed E-state index contributed by atoms with van der Waals surface area (Å²) in [7, 11) is -1.42. The third-order valence-electron chi connectivity index (χ3n) is 10.9. The Morgan fingerprint density at radius 3 is 1.64 bits per heavy atom. The Kier molecular flexibility index (Phi) is 8.13. The van der Waals surface area contributed by atoms with Crippen LogP contribution in [-0.4, -0.2) is 8.07 Å². The van der Waals surface area contributed by atoms with Gasteiger partial charge in [-0.3, -0.25) is 0 Å². The highest BCUT2D eigenvalue weighted by Crippen LogP contribution is 2.52. The van der Waals surface area contributed by atoms with Gasteiger partial charge in [-0.05, 0) is 123 Å². The average Bonchev–Trinajstić information content (AvgIpc) is 3.22. The molecule has 0 bridgehead atoms. The predicted molar refractivity (Wildman–Crippen MR) is 241 cm³/mol. The maximum absolute atomic E-state index is 2.41. The van der Waals surface area contributed by atoms with Crippen molar-refractivity contribution in [2.24, 2.45) is 0 Å². The molecule has 0 saturated carbocycles. The number of rotatable bonds is 7. The van der Waals surface area contributed by atoms with Crippen LogP contribution in [0.2, 0.25) is 19.6 Å². The Hall–Kier alpha value is -6.07. The van der Waals surface area contributed by atoms with Crippen LogP contribution in [-0.2, 0) is 0 Å². The molecule has 0 aliphatic carbocycles. The van der Waals surface area contributed by atoms with Gasteiger partial charge in [0.15, 0.2) is 0 Å². The van der Waals surface area contributed by atoms with E-state index in [9.17, 15) is 0 Å². The van der Waals surface area contributed by atoms with Crippen molar-refractivity contribution in [3.8, 4) is 11.1 Å². The number of anilines is 6. The molecule has 9 aromatic rings. The lowest BCUT2D eigenvalue weighted by Crippen LogP contribution is -2.37. The highest BCUT2D eigenvalue weighted by Gasteiger charge is 2.24. The molecule has 0 unspecified atom stereocenters. The quantitative estimate of drug-likeness (QED) is 0.119. The number of hydrogen-bond acceptors (Lipinski definition) is 3. The molecule has 10 rings (SSSR count). The molecule has 0 aromatic heterocycles. The summed E-state index contributed by atoms with van der Waals surface area (Å²) in [6.45, 7) is 7.22. The molecule has 0 spiro atoms. The van der Waals surface area contributed by atoms with E-state index in [1.54, 1.807) is 0 Å². The third kappa shape index (κ3) is 5.99. The summed E-state index contributed by atoms with van der Waals surface area (Å²) in [5.41, 5.74) is 9.48. The maximum Gasteiger partial charge on any atom is 0.0775 e. The van der Waals surface area contributed by atoms with Gasteiger partial charge in [0.25, 0.3) is 0 Å². The fourth-order valence-electron chi connectivity index (χ4n) is 8.15. The van der Waals surface area contributed by atoms with Crippen molar-refractivity contribution in [3.05, 3.63) is 188 Å². The van der Waals surface area contributed by atoms with E-state index in [1.165, 1.54) is 64.1 Å². The minimum Gasteiger partial charge on any atom is -0.310 e. The first kappa shape index (κ1) is 33.5. The Morgan fingerprint density at radius 1 is 0.364 bits per heavy atom. The van der Waals surface area contributed by atoms with Gasteiger partial charge in [-0.1, -0.05) is 140 Å². The molecule has 1 aliphatic rings. The second-order valence-corrected chi connectivity index (χ2v) is 21.6. The Morgan fingerprint density at radius 2 is 0.927 bits per heavy atom. The highest BCUT2D eigenvalue weighted by atomic mass is 32.2. The van der Waals surface area contributed by atoms with Crippen molar-refractivity contribution in [3.63, 3.8) is 0 Å². The molecular formula is C51H40N2SSi. The highest BCUT2D eigenvalue weighted by molar-refractivity contribution is 7.99. The monoisotopic (exact) mass is 740 g/mol. The lowest BCUT2D eigenvalue weighted by atomic mass is 9.92. The minimum atomic E-state index is -1.42. The molecule has 0 amide bonds. The molecule has 0 fully saturated rings. The van der Waals surface area contributed by atoms with E-state index in [4.69, 9.17) is 0 Å². The standard InChI is InChI=1S/C51H40N2SSi/c1-55(2,3)44-28-25-40(26-29-44)52(38-15-6-4-7-16-38)42-24-22-37-32-48-45-30-27-43(34-50(45)54-49-20-12-19-46(51(48)49)47(37)33-42)53(39-17-8-5-9-18-39)41-23-21-35-13-10-11-14-36(35)31-41/h4-34H,1-3H3. The van der Waals surface area contributed by atoms with Gasteiger partial charge >= 0.3 is 0 Å². The van der Waals surface area contributed by atoms with E-state index in [0.29, 0.717) is 0 Å². The smallest absolute Gasteiger partial charge is 0.0775 e. The summed E-state index contributed by atoms with van der Waals surface area (Å²) < 4.78 is 0. The van der Waals surface area contributed by atoms with Crippen LogP contribution in [0.1, 0.15) is 0 Å². The number of para-hydroxylation sites is 2. The van der Waals surface area contributed by atoms with Crippen LogP contribution in [0, 0.1) is 0 Å². The zero-order valence-electron chi connectivity index (χ0n) is 31.2. The van der Waals surface area contributed by atoms with Gasteiger partial charge in [-0.2, -0.15) is 0 Å². The first-order chi connectivity index (χ1) is 26.9. The van der Waals surface area contributed by atoms with Crippen molar-refractivity contribution < 1.29 is 0 Å². The third-order valence-corrected chi connectivity index (χ3v) is 14.1. The molecule has 0 atom stereocenters. The normalized spacial score (nSPS) is 12.2. The molecule has 264 valence electrons. The van der Waals surface area contributed by atoms with Gasteiger partial charge in [-0.15, -0.1) is 0 Å². The van der Waals surface area contributed by atoms with Crippen molar-refractivity contribution >= 4 is 91.5 Å². The van der Waals surface area contributed by atoms with E-state index < -0.39 is 8.07 Å². The van der Waals surface area contributed by atoms with Crippen LogP contribution in [0.5, 0.6) is 0 Å². The zero-order valence-corrected chi connectivity index (χ0v) is 33.0. The number of benzene rings is 9. The molecule has 4 heteroatoms. The number of hydrogen-bond donors (Lipinski definition) is 0. The van der Waals surface area contributed by atoms with E-state index in [1.807, 2.05) is 11.8 Å². The number of fused-ring (bicyclic) bond motifs is 5. The Bertz CT molecular complexity index is 2880. The van der Waals surface area contributed by atoms with Gasteiger partial charge in [0.05, 0.1) is 8.07 Å². The van der Waals surface area contributed by atoms with Gasteiger partial charge in [0.1, 0.15) is 0 Å². The first-order valence-corrected chi connectivity index (χ1v) is 23.3. The molecule has 0 saturated heterocycles. The lowest BCUT2D eigenvalue weighted by Gasteiger charge is -2.29. The molecule has 55 heavy (non-hydrogen) atoms. The predicted octanol–water partition coefficient (Wildman–Crippen LogP) is 14.8. The van der Waals surface area contributed by atoms with Crippen LogP contribution in [0.25, 0.3) is 43.4 Å². The van der Waals surface area contributed by atoms with Crippen molar-refractivity contribution in [1.29, 1.82) is 0 Å². The zero-order chi connectivity index (χ0) is 37.1. The fourth-order valence-corrected chi connectivity index (χ4v) is 10.5. The summed E-state index contributed by atoms with van der Waals surface area (Å²) in [6, 6.07) is 69.3. The lowest BCUT2D eigenvalue weighted by molar-refractivity contribution is 1.26. The fraction of sp³-hybridized carbons (Fsp3) is 0.0588. The Labute approximate surface area is 328 Å². The molecule has 0 radical (unpaired) electrons. The minimum absolute atomic E-state index is 1.14. The van der Waals surface area contributed by atoms with E-state index >= 15 is 0 Å². The second-order valence-electron chi connectivity index (χ2n) is 15.5. The van der Waals surface area contributed by atoms with Gasteiger partial charge in [0.2, 0.25) is 0 Å². The van der Waals surface area contributed by atoms with Crippen LogP contribution in [0.4, 0.5) is 34.1 Å². The van der Waals surface area contributed by atoms with Gasteiger partial charge in [0, 0.05) is 49.3 Å². The largest absolute Gasteiger partial charge is 0.310 e. The van der Waals surface area contributed by atoms with Gasteiger partial charge < -0.3 is 9.80 Å². The molecular weight excluding hydrogens is 701 g/mol. The summed E-state index contributed by atoms with van der Waals surface area (Å²) in [4.78, 5) is 7.33. The van der Waals surface area contributed by atoms with Crippen molar-refractivity contribution in [1.82, 2.24) is 0 Å². The SMILES string of the molecule is C[Si](C)(C)c1ccc(N(c2ccccc2)c2ccc3cc4c5c(cccc5c3c2)Sc2cc(N(c3ccccc3)c3ccc5ccccc5c3)ccc2-4)cc1. The molecule has 1 heterocycles. The summed E-state index contributed by atoms with van der Waals surface area (Å²) in [5.74, 6) is 0. The first-order valence-electron chi connectivity index (χ1n) is 19.0.